The molecule has 0 saturated heterocycles. The maximum atomic E-state index is 11.5. The number of halogens is 1. The molecule has 1 aromatic heterocycles. The fraction of sp³-hybridized carbons (Fsp3) is 0.167. The van der Waals surface area contributed by atoms with Crippen molar-refractivity contribution in [2.75, 3.05) is 24.3 Å². The Bertz CT molecular complexity index is 609. The number of benzene rings is 1. The number of para-hydroxylation sites is 2. The van der Waals surface area contributed by atoms with E-state index in [0.717, 1.165) is 11.4 Å². The zero-order chi connectivity index (χ0) is 13.1. The van der Waals surface area contributed by atoms with Gasteiger partial charge in [0, 0.05) is 14.1 Å². The third-order valence-corrected chi connectivity index (χ3v) is 3.44. The van der Waals surface area contributed by atoms with Crippen molar-refractivity contribution < 1.29 is 0 Å². The van der Waals surface area contributed by atoms with E-state index in [1.165, 1.54) is 6.33 Å². The largest absolute Gasteiger partial charge is 0.376 e. The molecule has 2 rings (SSSR count). The van der Waals surface area contributed by atoms with Crippen LogP contribution in [0.4, 0.5) is 17.2 Å². The molecule has 0 unspecified atom stereocenters. The first-order chi connectivity index (χ1) is 8.59. The van der Waals surface area contributed by atoms with Gasteiger partial charge in [0.15, 0.2) is 5.82 Å². The molecule has 0 fully saturated rings. The Morgan fingerprint density at radius 1 is 1.33 bits per heavy atom. The highest BCUT2D eigenvalue weighted by Crippen LogP contribution is 2.27. The smallest absolute Gasteiger partial charge is 0.266 e. The molecule has 2 N–H and O–H groups in total. The number of aromatic amines is 1. The number of hydrogen-bond acceptors (Lipinski definition) is 4. The molecule has 0 aliphatic carbocycles. The van der Waals surface area contributed by atoms with E-state index in [1.807, 2.05) is 65.9 Å². The third kappa shape index (κ3) is 2.63. The molecule has 1 heterocycles. The highest BCUT2D eigenvalue weighted by molar-refractivity contribution is 14.1. The first kappa shape index (κ1) is 12.9. The van der Waals surface area contributed by atoms with Crippen LogP contribution in [0.3, 0.4) is 0 Å². The van der Waals surface area contributed by atoms with E-state index >= 15 is 0 Å². The zero-order valence-electron chi connectivity index (χ0n) is 10.1. The first-order valence-electron chi connectivity index (χ1n) is 5.36. The second-order valence-corrected chi connectivity index (χ2v) is 5.01. The number of nitrogens with one attached hydrogen (secondary N) is 2. The van der Waals surface area contributed by atoms with Gasteiger partial charge in [0.2, 0.25) is 0 Å². The highest BCUT2D eigenvalue weighted by atomic mass is 127. The quantitative estimate of drug-likeness (QED) is 0.828. The maximum absolute atomic E-state index is 11.5. The number of H-pyrrole nitrogens is 1. The van der Waals surface area contributed by atoms with Gasteiger partial charge in [-0.25, -0.2) is 4.98 Å². The molecular weight excluding hydrogens is 343 g/mol. The van der Waals surface area contributed by atoms with E-state index in [9.17, 15) is 4.79 Å². The molecule has 0 amide bonds. The highest BCUT2D eigenvalue weighted by Gasteiger charge is 2.08. The molecule has 0 bridgehead atoms. The molecule has 6 heteroatoms. The zero-order valence-corrected chi connectivity index (χ0v) is 12.2. The monoisotopic (exact) mass is 356 g/mol. The van der Waals surface area contributed by atoms with Crippen LogP contribution in [0.1, 0.15) is 0 Å². The lowest BCUT2D eigenvalue weighted by molar-refractivity contribution is 1.09. The average molecular weight is 356 g/mol. The summed E-state index contributed by atoms with van der Waals surface area (Å²) >= 11 is 1.98. The summed E-state index contributed by atoms with van der Waals surface area (Å²) in [5.74, 6) is 0.564. The lowest BCUT2D eigenvalue weighted by Gasteiger charge is -2.18. The van der Waals surface area contributed by atoms with Gasteiger partial charge in [-0.2, -0.15) is 0 Å². The summed E-state index contributed by atoms with van der Waals surface area (Å²) in [6.07, 6.45) is 1.39. The van der Waals surface area contributed by atoms with E-state index in [2.05, 4.69) is 15.3 Å². The molecule has 5 nitrogen and oxygen atoms in total. The summed E-state index contributed by atoms with van der Waals surface area (Å²) in [5, 5.41) is 3.18. The maximum Gasteiger partial charge on any atom is 0.266 e. The molecular formula is C12H13IN4O. The summed E-state index contributed by atoms with van der Waals surface area (Å²) in [6, 6.07) is 7.86. The van der Waals surface area contributed by atoms with Gasteiger partial charge in [-0.05, 0) is 34.7 Å². The summed E-state index contributed by atoms with van der Waals surface area (Å²) in [4.78, 5) is 20.2. The van der Waals surface area contributed by atoms with Crippen molar-refractivity contribution in [3.05, 3.63) is 44.5 Å². The minimum Gasteiger partial charge on any atom is -0.376 e. The van der Waals surface area contributed by atoms with Gasteiger partial charge in [-0.1, -0.05) is 12.1 Å². The Morgan fingerprint density at radius 2 is 2.06 bits per heavy atom. The molecule has 0 spiro atoms. The Hall–Kier alpha value is -1.57. The minimum atomic E-state index is -0.143. The second-order valence-electron chi connectivity index (χ2n) is 3.93. The molecule has 94 valence electrons. The molecule has 0 aliphatic rings. The Kier molecular flexibility index (Phi) is 3.85. The van der Waals surface area contributed by atoms with E-state index in [-0.39, 0.29) is 5.56 Å². The standard InChI is InChI=1S/C12H13IN4O/c1-17(2)9-6-4-3-5-8(9)16-11-10(13)12(18)15-7-14-11/h3-7H,1-2H3,(H2,14,15,16,18). The Labute approximate surface area is 118 Å². The average Bonchev–Trinajstić information content (AvgIpc) is 2.35. The van der Waals surface area contributed by atoms with E-state index in [1.54, 1.807) is 0 Å². The van der Waals surface area contributed by atoms with E-state index in [4.69, 9.17) is 0 Å². The molecule has 0 aliphatic heterocycles. The first-order valence-corrected chi connectivity index (χ1v) is 6.44. The molecule has 18 heavy (non-hydrogen) atoms. The van der Waals surface area contributed by atoms with Crippen molar-refractivity contribution in [3.63, 3.8) is 0 Å². The summed E-state index contributed by atoms with van der Waals surface area (Å²) < 4.78 is 0.545. The van der Waals surface area contributed by atoms with Crippen molar-refractivity contribution in [1.82, 2.24) is 9.97 Å². The van der Waals surface area contributed by atoms with Gasteiger partial charge < -0.3 is 15.2 Å². The van der Waals surface area contributed by atoms with Crippen LogP contribution in [-0.2, 0) is 0 Å². The van der Waals surface area contributed by atoms with Crippen molar-refractivity contribution in [3.8, 4) is 0 Å². The SMILES string of the molecule is CN(C)c1ccccc1Nc1nc[nH]c(=O)c1I. The number of hydrogen-bond donors (Lipinski definition) is 2. The van der Waals surface area contributed by atoms with Crippen LogP contribution in [0.2, 0.25) is 0 Å². The van der Waals surface area contributed by atoms with Gasteiger partial charge in [-0.3, -0.25) is 4.79 Å². The van der Waals surface area contributed by atoms with E-state index in [0.29, 0.717) is 9.39 Å². The number of aromatic nitrogens is 2. The van der Waals surface area contributed by atoms with Gasteiger partial charge in [-0.15, -0.1) is 0 Å². The fourth-order valence-electron chi connectivity index (χ4n) is 1.57. The van der Waals surface area contributed by atoms with Crippen LogP contribution in [0.5, 0.6) is 0 Å². The molecule has 1 aromatic carbocycles. The lowest BCUT2D eigenvalue weighted by Crippen LogP contribution is -2.15. The van der Waals surface area contributed by atoms with Crippen molar-refractivity contribution in [1.29, 1.82) is 0 Å². The number of nitrogens with zero attached hydrogens (tertiary/aromatic N) is 2. The molecule has 0 saturated carbocycles. The normalized spacial score (nSPS) is 10.2. The van der Waals surface area contributed by atoms with Crippen LogP contribution >= 0.6 is 22.6 Å². The van der Waals surface area contributed by atoms with Gasteiger partial charge >= 0.3 is 0 Å². The summed E-state index contributed by atoms with van der Waals surface area (Å²) in [5.41, 5.74) is 1.81. The summed E-state index contributed by atoms with van der Waals surface area (Å²) in [6.45, 7) is 0. The molecule has 2 aromatic rings. The van der Waals surface area contributed by atoms with Crippen LogP contribution in [0.15, 0.2) is 35.4 Å². The lowest BCUT2D eigenvalue weighted by atomic mass is 10.2. The predicted molar refractivity (Wildman–Crippen MR) is 81.6 cm³/mol. The van der Waals surface area contributed by atoms with Crippen molar-refractivity contribution in [2.24, 2.45) is 0 Å². The van der Waals surface area contributed by atoms with Crippen LogP contribution in [0, 0.1) is 3.57 Å². The fourth-order valence-corrected chi connectivity index (χ4v) is 2.00. The van der Waals surface area contributed by atoms with Gasteiger partial charge in [0.05, 0.1) is 17.7 Å². The number of anilines is 3. The van der Waals surface area contributed by atoms with Crippen LogP contribution < -0.4 is 15.8 Å². The number of rotatable bonds is 3. The topological polar surface area (TPSA) is 61.0 Å². The molecule has 0 radical (unpaired) electrons. The van der Waals surface area contributed by atoms with Gasteiger partial charge in [0.25, 0.3) is 5.56 Å². The van der Waals surface area contributed by atoms with Crippen molar-refractivity contribution >= 4 is 39.8 Å². The second kappa shape index (κ2) is 5.38. The Morgan fingerprint density at radius 3 is 2.78 bits per heavy atom. The Balaban J connectivity index is 2.40. The van der Waals surface area contributed by atoms with Gasteiger partial charge in [0.1, 0.15) is 3.57 Å². The minimum absolute atomic E-state index is 0.143. The van der Waals surface area contributed by atoms with Crippen molar-refractivity contribution in [2.45, 2.75) is 0 Å². The van der Waals surface area contributed by atoms with Crippen LogP contribution in [-0.4, -0.2) is 24.1 Å². The summed E-state index contributed by atoms with van der Waals surface area (Å²) in [7, 11) is 3.94. The predicted octanol–water partition coefficient (Wildman–Crippen LogP) is 2.18. The van der Waals surface area contributed by atoms with E-state index < -0.39 is 0 Å². The molecule has 0 atom stereocenters. The van der Waals surface area contributed by atoms with Crippen LogP contribution in [0.25, 0.3) is 0 Å². The third-order valence-electron chi connectivity index (χ3n) is 2.44.